The van der Waals surface area contributed by atoms with Crippen molar-refractivity contribution in [3.05, 3.63) is 48.3 Å². The lowest BCUT2D eigenvalue weighted by Crippen LogP contribution is -1.75. The number of hydrogen-bond acceptors (Lipinski definition) is 2. The fourth-order valence-electron chi connectivity index (χ4n) is 1.15. The van der Waals surface area contributed by atoms with Crippen LogP contribution in [0.4, 0.5) is 5.69 Å². The second-order valence-electron chi connectivity index (χ2n) is 3.12. The number of halogens is 4. The Balaban J connectivity index is 2.25. The molecule has 0 saturated carbocycles. The summed E-state index contributed by atoms with van der Waals surface area (Å²) < 4.78 is 7.11. The van der Waals surface area contributed by atoms with Gasteiger partial charge in [-0.15, -0.1) is 0 Å². The van der Waals surface area contributed by atoms with E-state index in [9.17, 15) is 0 Å². The number of benzene rings is 1. The molecule has 2 rings (SSSR count). The quantitative estimate of drug-likeness (QED) is 0.430. The summed E-state index contributed by atoms with van der Waals surface area (Å²) in [7, 11) is 0. The van der Waals surface area contributed by atoms with Crippen LogP contribution in [-0.2, 0) is 0 Å². The largest absolute Gasteiger partial charge is 0.448 e. The molecule has 0 amide bonds. The van der Waals surface area contributed by atoms with E-state index in [1.54, 1.807) is 24.4 Å². The second kappa shape index (κ2) is 5.73. The third-order valence-electron chi connectivity index (χ3n) is 1.90. The van der Waals surface area contributed by atoms with Gasteiger partial charge >= 0.3 is 0 Å². The molecule has 17 heavy (non-hydrogen) atoms. The molecule has 1 aromatic carbocycles. The van der Waals surface area contributed by atoms with E-state index >= 15 is 0 Å². The lowest BCUT2D eigenvalue weighted by molar-refractivity contribution is 0.530. The fourth-order valence-corrected chi connectivity index (χ4v) is 2.32. The zero-order valence-electron chi connectivity index (χ0n) is 8.25. The predicted octanol–water partition coefficient (Wildman–Crippen LogP) is 5.70. The van der Waals surface area contributed by atoms with Crippen LogP contribution in [0.2, 0.25) is 10.0 Å². The molecule has 0 aliphatic rings. The molecule has 0 unspecified atom stereocenters. The predicted molar refractivity (Wildman–Crippen MR) is 82.8 cm³/mol. The third kappa shape index (κ3) is 3.47. The van der Waals surface area contributed by atoms with Gasteiger partial charge in [-0.25, -0.2) is 0 Å². The number of aliphatic imine (C=N–C) groups is 1. The molecule has 0 aliphatic carbocycles. The first kappa shape index (κ1) is 13.4. The standard InChI is InChI=1S/C11H5BrCl2INO/c12-8-4-7(17-11(8)15)5-16-10-2-1-6(13)3-9(10)14/h1-5H. The Morgan fingerprint density at radius 1 is 1.29 bits per heavy atom. The molecule has 0 saturated heterocycles. The van der Waals surface area contributed by atoms with Crippen molar-refractivity contribution in [2.45, 2.75) is 0 Å². The Morgan fingerprint density at radius 2 is 2.06 bits per heavy atom. The van der Waals surface area contributed by atoms with Crippen LogP contribution < -0.4 is 0 Å². The maximum Gasteiger partial charge on any atom is 0.178 e. The summed E-state index contributed by atoms with van der Waals surface area (Å²) in [5, 5.41) is 1.10. The summed E-state index contributed by atoms with van der Waals surface area (Å²) >= 11 is 17.2. The van der Waals surface area contributed by atoms with E-state index in [0.717, 1.165) is 8.24 Å². The Morgan fingerprint density at radius 3 is 2.65 bits per heavy atom. The van der Waals surface area contributed by atoms with Gasteiger partial charge in [0.2, 0.25) is 0 Å². The molecule has 0 radical (unpaired) electrons. The normalized spacial score (nSPS) is 11.3. The highest BCUT2D eigenvalue weighted by molar-refractivity contribution is 14.1. The summed E-state index contributed by atoms with van der Waals surface area (Å²) in [6.45, 7) is 0. The molecule has 1 heterocycles. The van der Waals surface area contributed by atoms with Crippen molar-refractivity contribution in [3.8, 4) is 0 Å². The Labute approximate surface area is 130 Å². The van der Waals surface area contributed by atoms with Crippen molar-refractivity contribution in [1.82, 2.24) is 0 Å². The topological polar surface area (TPSA) is 25.5 Å². The molecule has 0 spiro atoms. The summed E-state index contributed by atoms with van der Waals surface area (Å²) in [5.41, 5.74) is 0.651. The van der Waals surface area contributed by atoms with Crippen molar-refractivity contribution < 1.29 is 4.42 Å². The van der Waals surface area contributed by atoms with E-state index in [1.807, 2.05) is 6.07 Å². The summed E-state index contributed by atoms with van der Waals surface area (Å²) in [5.74, 6) is 0.660. The van der Waals surface area contributed by atoms with Gasteiger partial charge in [0, 0.05) is 33.7 Å². The van der Waals surface area contributed by atoms with Crippen LogP contribution in [0, 0.1) is 3.77 Å². The average molecular weight is 445 g/mol. The zero-order valence-corrected chi connectivity index (χ0v) is 13.5. The van der Waals surface area contributed by atoms with Crippen molar-refractivity contribution in [2.24, 2.45) is 4.99 Å². The van der Waals surface area contributed by atoms with Gasteiger partial charge in [-0.3, -0.25) is 4.99 Å². The first-order valence-corrected chi connectivity index (χ1v) is 7.13. The lowest BCUT2D eigenvalue weighted by atomic mass is 10.3. The van der Waals surface area contributed by atoms with Crippen LogP contribution in [-0.4, -0.2) is 6.21 Å². The summed E-state index contributed by atoms with van der Waals surface area (Å²) in [6, 6.07) is 6.98. The highest BCUT2D eigenvalue weighted by Crippen LogP contribution is 2.28. The molecule has 6 heteroatoms. The van der Waals surface area contributed by atoms with E-state index in [-0.39, 0.29) is 0 Å². The van der Waals surface area contributed by atoms with E-state index in [1.165, 1.54) is 0 Å². The SMILES string of the molecule is Clc1ccc(N=Cc2cc(Br)c(I)o2)c(Cl)c1. The molecular formula is C11H5BrCl2INO. The van der Waals surface area contributed by atoms with Crippen molar-refractivity contribution in [1.29, 1.82) is 0 Å². The Hall–Kier alpha value is -0.0400. The van der Waals surface area contributed by atoms with Crippen molar-refractivity contribution in [2.75, 3.05) is 0 Å². The number of hydrogen-bond donors (Lipinski definition) is 0. The maximum absolute atomic E-state index is 5.99. The number of rotatable bonds is 2. The van der Waals surface area contributed by atoms with E-state index in [2.05, 4.69) is 43.5 Å². The fraction of sp³-hybridized carbons (Fsp3) is 0. The molecule has 2 nitrogen and oxygen atoms in total. The van der Waals surface area contributed by atoms with Gasteiger partial charge in [-0.05, 0) is 34.1 Å². The average Bonchev–Trinajstić information content (AvgIpc) is 2.57. The van der Waals surface area contributed by atoms with Crippen LogP contribution in [0.25, 0.3) is 0 Å². The van der Waals surface area contributed by atoms with Gasteiger partial charge in [0.25, 0.3) is 0 Å². The Bertz CT molecular complexity index is 563. The Kier molecular flexibility index (Phi) is 4.52. The molecule has 1 aromatic heterocycles. The summed E-state index contributed by atoms with van der Waals surface area (Å²) in [4.78, 5) is 4.24. The molecule has 0 N–H and O–H groups in total. The van der Waals surface area contributed by atoms with E-state index in [4.69, 9.17) is 27.6 Å². The second-order valence-corrected chi connectivity index (χ2v) is 5.80. The molecule has 88 valence electrons. The minimum atomic E-state index is 0.508. The minimum absolute atomic E-state index is 0.508. The van der Waals surface area contributed by atoms with E-state index < -0.39 is 0 Å². The van der Waals surface area contributed by atoms with Gasteiger partial charge in [0.1, 0.15) is 5.76 Å². The van der Waals surface area contributed by atoms with Crippen LogP contribution >= 0.6 is 61.7 Å². The van der Waals surface area contributed by atoms with Crippen molar-refractivity contribution in [3.63, 3.8) is 0 Å². The minimum Gasteiger partial charge on any atom is -0.448 e. The van der Waals surface area contributed by atoms with Crippen LogP contribution in [0.3, 0.4) is 0 Å². The van der Waals surface area contributed by atoms with Gasteiger partial charge in [-0.2, -0.15) is 0 Å². The molecule has 0 aliphatic heterocycles. The molecule has 2 aromatic rings. The monoisotopic (exact) mass is 443 g/mol. The zero-order chi connectivity index (χ0) is 12.4. The number of nitrogens with zero attached hydrogens (tertiary/aromatic N) is 1. The lowest BCUT2D eigenvalue weighted by Gasteiger charge is -1.97. The first-order valence-electron chi connectivity index (χ1n) is 4.50. The molecule has 0 bridgehead atoms. The smallest absolute Gasteiger partial charge is 0.178 e. The molecule has 0 atom stereocenters. The van der Waals surface area contributed by atoms with Crippen molar-refractivity contribution >= 4 is 73.6 Å². The van der Waals surface area contributed by atoms with Crippen LogP contribution in [0.5, 0.6) is 0 Å². The highest BCUT2D eigenvalue weighted by Gasteiger charge is 2.04. The third-order valence-corrected chi connectivity index (χ3v) is 4.57. The maximum atomic E-state index is 5.99. The first-order chi connectivity index (χ1) is 8.06. The number of furan rings is 1. The molecule has 0 fully saturated rings. The summed E-state index contributed by atoms with van der Waals surface area (Å²) in [6.07, 6.45) is 1.61. The van der Waals surface area contributed by atoms with Gasteiger partial charge in [-0.1, -0.05) is 23.2 Å². The van der Waals surface area contributed by atoms with Crippen LogP contribution in [0.15, 0.2) is 38.1 Å². The highest BCUT2D eigenvalue weighted by atomic mass is 127. The van der Waals surface area contributed by atoms with Crippen LogP contribution in [0.1, 0.15) is 5.76 Å². The van der Waals surface area contributed by atoms with Gasteiger partial charge in [0.15, 0.2) is 3.77 Å². The molecular weight excluding hydrogens is 440 g/mol. The van der Waals surface area contributed by atoms with E-state index in [0.29, 0.717) is 21.5 Å². The van der Waals surface area contributed by atoms with Gasteiger partial charge < -0.3 is 4.42 Å². The van der Waals surface area contributed by atoms with Gasteiger partial charge in [0.05, 0.1) is 21.4 Å².